The highest BCUT2D eigenvalue weighted by Crippen LogP contribution is 2.22. The third kappa shape index (κ3) is 1.59. The molecule has 0 saturated carbocycles. The number of fused-ring (bicyclic) bond motifs is 1. The van der Waals surface area contributed by atoms with Gasteiger partial charge in [-0.3, -0.25) is 4.79 Å². The molecule has 2 rings (SSSR count). The molecule has 2 aromatic rings. The second-order valence-corrected chi connectivity index (χ2v) is 3.62. The molecular weight excluding hydrogens is 221 g/mol. The van der Waals surface area contributed by atoms with Crippen molar-refractivity contribution >= 4 is 40.4 Å². The van der Waals surface area contributed by atoms with Crippen LogP contribution in [0, 0.1) is 0 Å². The van der Waals surface area contributed by atoms with E-state index >= 15 is 0 Å². The van der Waals surface area contributed by atoms with Gasteiger partial charge in [-0.05, 0) is 18.2 Å². The molecule has 70 valence electrons. The van der Waals surface area contributed by atoms with Gasteiger partial charge in [0, 0.05) is 10.4 Å². The highest BCUT2D eigenvalue weighted by Gasteiger charge is 2.03. The molecule has 1 aromatic carbocycles. The van der Waals surface area contributed by atoms with Crippen molar-refractivity contribution in [3.8, 4) is 0 Å². The first kappa shape index (κ1) is 9.44. The summed E-state index contributed by atoms with van der Waals surface area (Å²) in [5, 5.41) is 1.65. The Morgan fingerprint density at radius 1 is 1.21 bits per heavy atom. The minimum Gasteiger partial charge on any atom is -0.298 e. The lowest BCUT2D eigenvalue weighted by Gasteiger charge is -2.00. The van der Waals surface area contributed by atoms with Crippen LogP contribution in [0.3, 0.4) is 0 Å². The number of halogens is 2. The molecule has 1 heterocycles. The van der Waals surface area contributed by atoms with E-state index in [1.807, 2.05) is 0 Å². The fourth-order valence-electron chi connectivity index (χ4n) is 1.22. The van der Waals surface area contributed by atoms with E-state index in [4.69, 9.17) is 23.2 Å². The molecule has 0 saturated heterocycles. The van der Waals surface area contributed by atoms with E-state index in [9.17, 15) is 4.79 Å². The van der Waals surface area contributed by atoms with E-state index in [1.165, 1.54) is 0 Å². The van der Waals surface area contributed by atoms with Crippen molar-refractivity contribution in [1.29, 1.82) is 0 Å². The Bertz CT molecular complexity index is 511. The van der Waals surface area contributed by atoms with Crippen LogP contribution in [0.25, 0.3) is 10.9 Å². The van der Waals surface area contributed by atoms with Crippen LogP contribution < -0.4 is 0 Å². The summed E-state index contributed by atoms with van der Waals surface area (Å²) in [6.07, 6.45) is 0.684. The summed E-state index contributed by atoms with van der Waals surface area (Å²) >= 11 is 11.6. The number of aromatic nitrogens is 1. The van der Waals surface area contributed by atoms with Crippen molar-refractivity contribution in [3.63, 3.8) is 0 Å². The zero-order valence-corrected chi connectivity index (χ0v) is 8.51. The van der Waals surface area contributed by atoms with Crippen LogP contribution in [0.5, 0.6) is 0 Å². The first-order valence-corrected chi connectivity index (χ1v) is 4.67. The highest BCUT2D eigenvalue weighted by atomic mass is 35.5. The predicted molar refractivity (Wildman–Crippen MR) is 57.2 cm³/mol. The summed E-state index contributed by atoms with van der Waals surface area (Å²) in [5.41, 5.74) is 1.08. The maximum absolute atomic E-state index is 10.6. The Kier molecular flexibility index (Phi) is 2.40. The van der Waals surface area contributed by atoms with E-state index in [0.29, 0.717) is 22.4 Å². The number of aldehydes is 1. The molecule has 0 aliphatic heterocycles. The summed E-state index contributed by atoms with van der Waals surface area (Å²) < 4.78 is 0. The highest BCUT2D eigenvalue weighted by molar-refractivity contribution is 6.33. The summed E-state index contributed by atoms with van der Waals surface area (Å²) in [4.78, 5) is 14.6. The summed E-state index contributed by atoms with van der Waals surface area (Å²) in [6, 6.07) is 6.94. The molecule has 4 heteroatoms. The van der Waals surface area contributed by atoms with Crippen LogP contribution >= 0.6 is 23.2 Å². The number of pyridine rings is 1. The zero-order valence-electron chi connectivity index (χ0n) is 7.00. The topological polar surface area (TPSA) is 30.0 Å². The lowest BCUT2D eigenvalue weighted by Crippen LogP contribution is -1.87. The van der Waals surface area contributed by atoms with E-state index < -0.39 is 0 Å². The zero-order chi connectivity index (χ0) is 10.1. The Morgan fingerprint density at radius 2 is 2.00 bits per heavy atom. The first-order valence-electron chi connectivity index (χ1n) is 3.91. The van der Waals surface area contributed by atoms with Crippen LogP contribution in [-0.4, -0.2) is 11.3 Å². The summed E-state index contributed by atoms with van der Waals surface area (Å²) in [7, 11) is 0. The molecule has 0 fully saturated rings. The molecule has 2 nitrogen and oxygen atoms in total. The molecule has 0 bridgehead atoms. The minimum atomic E-state index is 0.203. The van der Waals surface area contributed by atoms with Gasteiger partial charge in [-0.1, -0.05) is 29.3 Å². The van der Waals surface area contributed by atoms with E-state index in [2.05, 4.69) is 4.98 Å². The van der Waals surface area contributed by atoms with Crippen molar-refractivity contribution in [2.45, 2.75) is 0 Å². The lowest BCUT2D eigenvalue weighted by molar-refractivity contribution is 0.112. The molecule has 0 spiro atoms. The second-order valence-electron chi connectivity index (χ2n) is 2.82. The maximum Gasteiger partial charge on any atom is 0.153 e. The van der Waals surface area contributed by atoms with Gasteiger partial charge in [-0.15, -0.1) is 0 Å². The third-order valence-electron chi connectivity index (χ3n) is 1.89. The second kappa shape index (κ2) is 3.56. The molecule has 0 radical (unpaired) electrons. The summed E-state index contributed by atoms with van der Waals surface area (Å²) in [5.74, 6) is 0. The van der Waals surface area contributed by atoms with Crippen molar-refractivity contribution in [3.05, 3.63) is 40.0 Å². The molecule has 0 aliphatic carbocycles. The monoisotopic (exact) mass is 225 g/mol. The Hall–Kier alpha value is -1.12. The van der Waals surface area contributed by atoms with Crippen molar-refractivity contribution in [1.82, 2.24) is 4.98 Å². The van der Waals surface area contributed by atoms with E-state index in [1.54, 1.807) is 24.3 Å². The molecule has 0 aliphatic rings. The molecule has 0 amide bonds. The summed E-state index contributed by atoms with van der Waals surface area (Å²) in [6.45, 7) is 0. The fraction of sp³-hybridized carbons (Fsp3) is 0. The average molecular weight is 226 g/mol. The standard InChI is InChI=1S/C10H5Cl2NO/c11-8-2-1-6-3-7(5-14)10(12)13-9(6)4-8/h1-5H. The fourth-order valence-corrected chi connectivity index (χ4v) is 1.57. The van der Waals surface area contributed by atoms with Gasteiger partial charge < -0.3 is 0 Å². The SMILES string of the molecule is O=Cc1cc2ccc(Cl)cc2nc1Cl. The predicted octanol–water partition coefficient (Wildman–Crippen LogP) is 3.35. The lowest BCUT2D eigenvalue weighted by atomic mass is 10.2. The van der Waals surface area contributed by atoms with Gasteiger partial charge in [-0.2, -0.15) is 0 Å². The van der Waals surface area contributed by atoms with Crippen molar-refractivity contribution in [2.24, 2.45) is 0 Å². The molecule has 0 atom stereocenters. The Morgan fingerprint density at radius 3 is 2.71 bits per heavy atom. The average Bonchev–Trinajstić information content (AvgIpc) is 2.16. The smallest absolute Gasteiger partial charge is 0.153 e. The van der Waals surface area contributed by atoms with Gasteiger partial charge in [0.25, 0.3) is 0 Å². The molecule has 0 unspecified atom stereocenters. The van der Waals surface area contributed by atoms with Gasteiger partial charge in [0.1, 0.15) is 5.15 Å². The Labute approximate surface area is 90.5 Å². The van der Waals surface area contributed by atoms with E-state index in [-0.39, 0.29) is 5.15 Å². The normalized spacial score (nSPS) is 10.4. The third-order valence-corrected chi connectivity index (χ3v) is 2.43. The van der Waals surface area contributed by atoms with Crippen LogP contribution in [0.15, 0.2) is 24.3 Å². The molecule has 14 heavy (non-hydrogen) atoms. The van der Waals surface area contributed by atoms with Crippen LogP contribution in [-0.2, 0) is 0 Å². The number of rotatable bonds is 1. The van der Waals surface area contributed by atoms with Crippen molar-refractivity contribution in [2.75, 3.05) is 0 Å². The Balaban J connectivity index is 2.79. The van der Waals surface area contributed by atoms with Crippen LogP contribution in [0.2, 0.25) is 10.2 Å². The minimum absolute atomic E-state index is 0.203. The number of carbonyl (C=O) groups excluding carboxylic acids is 1. The first-order chi connectivity index (χ1) is 6.70. The van der Waals surface area contributed by atoms with Gasteiger partial charge in [0.05, 0.1) is 11.1 Å². The number of nitrogens with zero attached hydrogens (tertiary/aromatic N) is 1. The maximum atomic E-state index is 10.6. The van der Waals surface area contributed by atoms with Gasteiger partial charge in [0.2, 0.25) is 0 Å². The number of carbonyl (C=O) groups is 1. The van der Waals surface area contributed by atoms with Gasteiger partial charge in [0.15, 0.2) is 6.29 Å². The molecule has 0 N–H and O–H groups in total. The van der Waals surface area contributed by atoms with Crippen molar-refractivity contribution < 1.29 is 4.79 Å². The van der Waals surface area contributed by atoms with Crippen LogP contribution in [0.4, 0.5) is 0 Å². The van der Waals surface area contributed by atoms with Gasteiger partial charge >= 0.3 is 0 Å². The quantitative estimate of drug-likeness (QED) is 0.551. The molecule has 1 aromatic heterocycles. The van der Waals surface area contributed by atoms with Gasteiger partial charge in [-0.25, -0.2) is 4.98 Å². The number of benzene rings is 1. The largest absolute Gasteiger partial charge is 0.298 e. The van der Waals surface area contributed by atoms with E-state index in [0.717, 1.165) is 5.39 Å². The molecular formula is C10H5Cl2NO. The van der Waals surface area contributed by atoms with Crippen LogP contribution in [0.1, 0.15) is 10.4 Å². The number of hydrogen-bond donors (Lipinski definition) is 0. The number of hydrogen-bond acceptors (Lipinski definition) is 2.